The molecule has 2 amide bonds. The van der Waals surface area contributed by atoms with Gasteiger partial charge < -0.3 is 36.8 Å². The van der Waals surface area contributed by atoms with Gasteiger partial charge in [0.2, 0.25) is 11.8 Å². The van der Waals surface area contributed by atoms with E-state index < -0.39 is 60.9 Å². The number of aliphatic carboxylic acids is 4. The lowest BCUT2D eigenvalue weighted by molar-refractivity contribution is -0.143. The standard InChI is InChI=1S/C16H26N4O10/c17-11(21)3-1-10(16(29)30)19-12(22)4-2-9(15(27)28)18-5-6-20(7-13(23)24)8-14(25)26/h9-10,18H,1-8H2,(H2,17,21)(H,19,22)(H,23,24)(H,25,26)(H,27,28)(H,29,30)/t9-,10-/m0/s1. The van der Waals surface area contributed by atoms with Gasteiger partial charge in [0.05, 0.1) is 13.1 Å². The van der Waals surface area contributed by atoms with Crippen molar-refractivity contribution in [1.29, 1.82) is 0 Å². The molecule has 2 atom stereocenters. The van der Waals surface area contributed by atoms with Crippen LogP contribution in [-0.4, -0.2) is 99.3 Å². The van der Waals surface area contributed by atoms with Gasteiger partial charge in [-0.15, -0.1) is 0 Å². The number of carbonyl (C=O) groups excluding carboxylic acids is 2. The van der Waals surface area contributed by atoms with E-state index in [4.69, 9.17) is 21.1 Å². The van der Waals surface area contributed by atoms with Crippen LogP contribution in [0.3, 0.4) is 0 Å². The second kappa shape index (κ2) is 13.8. The molecule has 0 aromatic rings. The quantitative estimate of drug-likeness (QED) is 0.122. The smallest absolute Gasteiger partial charge is 0.326 e. The van der Waals surface area contributed by atoms with Crippen molar-refractivity contribution >= 4 is 35.7 Å². The van der Waals surface area contributed by atoms with Gasteiger partial charge in [0.25, 0.3) is 0 Å². The molecule has 0 bridgehead atoms. The summed E-state index contributed by atoms with van der Waals surface area (Å²) in [6.45, 7) is -1.22. The predicted octanol–water partition coefficient (Wildman–Crippen LogP) is -2.88. The molecule has 14 heteroatoms. The van der Waals surface area contributed by atoms with Crippen molar-refractivity contribution in [2.24, 2.45) is 5.73 Å². The average molecular weight is 434 g/mol. The highest BCUT2D eigenvalue weighted by Gasteiger charge is 2.23. The minimum Gasteiger partial charge on any atom is -0.480 e. The Bertz CT molecular complexity index is 638. The van der Waals surface area contributed by atoms with E-state index in [0.717, 1.165) is 4.90 Å². The van der Waals surface area contributed by atoms with E-state index in [2.05, 4.69) is 10.6 Å². The molecule has 0 saturated carbocycles. The number of hydrogen-bond donors (Lipinski definition) is 7. The molecule has 0 aliphatic heterocycles. The fraction of sp³-hybridized carbons (Fsp3) is 0.625. The van der Waals surface area contributed by atoms with Crippen LogP contribution in [0.5, 0.6) is 0 Å². The summed E-state index contributed by atoms with van der Waals surface area (Å²) in [5.74, 6) is -6.62. The van der Waals surface area contributed by atoms with E-state index in [-0.39, 0.29) is 38.8 Å². The lowest BCUT2D eigenvalue weighted by atomic mass is 10.1. The minimum absolute atomic E-state index is 0.0600. The molecule has 8 N–H and O–H groups in total. The van der Waals surface area contributed by atoms with Crippen molar-refractivity contribution in [3.63, 3.8) is 0 Å². The van der Waals surface area contributed by atoms with Crippen molar-refractivity contribution in [3.8, 4) is 0 Å². The van der Waals surface area contributed by atoms with Crippen LogP contribution in [0.1, 0.15) is 25.7 Å². The molecule has 14 nitrogen and oxygen atoms in total. The number of carbonyl (C=O) groups is 6. The lowest BCUT2D eigenvalue weighted by Crippen LogP contribution is -2.45. The third-order valence-electron chi connectivity index (χ3n) is 3.81. The summed E-state index contributed by atoms with van der Waals surface area (Å²) in [4.78, 5) is 67.6. The fourth-order valence-corrected chi connectivity index (χ4v) is 2.39. The van der Waals surface area contributed by atoms with Crippen LogP contribution in [0.15, 0.2) is 0 Å². The first-order chi connectivity index (χ1) is 13.9. The van der Waals surface area contributed by atoms with E-state index >= 15 is 0 Å². The zero-order valence-corrected chi connectivity index (χ0v) is 16.1. The topological polar surface area (TPSA) is 237 Å². The summed E-state index contributed by atoms with van der Waals surface area (Å²) in [7, 11) is 0. The second-order valence-corrected chi connectivity index (χ2v) is 6.35. The third kappa shape index (κ3) is 13.0. The van der Waals surface area contributed by atoms with Gasteiger partial charge in [-0.25, -0.2) is 4.79 Å². The van der Waals surface area contributed by atoms with Crippen LogP contribution in [0.4, 0.5) is 0 Å². The van der Waals surface area contributed by atoms with Crippen LogP contribution >= 0.6 is 0 Å². The first kappa shape index (κ1) is 26.7. The molecule has 0 saturated heterocycles. The zero-order chi connectivity index (χ0) is 23.3. The maximum atomic E-state index is 11.9. The fourth-order valence-electron chi connectivity index (χ4n) is 2.39. The average Bonchev–Trinajstić information content (AvgIpc) is 2.59. The van der Waals surface area contributed by atoms with Crippen molar-refractivity contribution in [1.82, 2.24) is 15.5 Å². The van der Waals surface area contributed by atoms with Gasteiger partial charge in [0.1, 0.15) is 12.1 Å². The lowest BCUT2D eigenvalue weighted by Gasteiger charge is -2.20. The number of nitrogens with zero attached hydrogens (tertiary/aromatic N) is 1. The van der Waals surface area contributed by atoms with E-state index in [1.54, 1.807) is 0 Å². The number of nitrogens with two attached hydrogens (primary N) is 1. The van der Waals surface area contributed by atoms with Crippen molar-refractivity contribution in [3.05, 3.63) is 0 Å². The van der Waals surface area contributed by atoms with Crippen LogP contribution < -0.4 is 16.4 Å². The molecule has 0 heterocycles. The van der Waals surface area contributed by atoms with Gasteiger partial charge >= 0.3 is 23.9 Å². The monoisotopic (exact) mass is 434 g/mol. The highest BCUT2D eigenvalue weighted by atomic mass is 16.4. The number of carboxylic acids is 4. The highest BCUT2D eigenvalue weighted by Crippen LogP contribution is 2.02. The van der Waals surface area contributed by atoms with Crippen molar-refractivity contribution < 1.29 is 49.2 Å². The highest BCUT2D eigenvalue weighted by molar-refractivity contribution is 5.84. The van der Waals surface area contributed by atoms with Crippen LogP contribution in [0.2, 0.25) is 0 Å². The second-order valence-electron chi connectivity index (χ2n) is 6.35. The van der Waals surface area contributed by atoms with Gasteiger partial charge in [-0.3, -0.25) is 28.9 Å². The van der Waals surface area contributed by atoms with Gasteiger partial charge in [0.15, 0.2) is 0 Å². The van der Waals surface area contributed by atoms with E-state index in [1.165, 1.54) is 0 Å². The van der Waals surface area contributed by atoms with E-state index in [9.17, 15) is 33.9 Å². The Kier molecular flexibility index (Phi) is 12.3. The number of nitrogens with one attached hydrogen (secondary N) is 2. The van der Waals surface area contributed by atoms with Gasteiger partial charge in [0, 0.05) is 25.9 Å². The molecule has 0 spiro atoms. The number of hydrogen-bond acceptors (Lipinski definition) is 8. The number of rotatable bonds is 17. The SMILES string of the molecule is NC(=O)CC[C@H](NC(=O)CC[C@H](NCCN(CC(=O)O)CC(=O)O)C(=O)O)C(=O)O. The first-order valence-electron chi connectivity index (χ1n) is 8.85. The molecule has 170 valence electrons. The molecule has 0 unspecified atom stereocenters. The summed E-state index contributed by atoms with van der Waals surface area (Å²) < 4.78 is 0. The molecule has 0 aromatic carbocycles. The maximum Gasteiger partial charge on any atom is 0.326 e. The normalized spacial score (nSPS) is 12.7. The van der Waals surface area contributed by atoms with Crippen LogP contribution in [0, 0.1) is 0 Å². The molecule has 0 radical (unpaired) electrons. The zero-order valence-electron chi connectivity index (χ0n) is 16.1. The summed E-state index contributed by atoms with van der Waals surface area (Å²) in [5, 5.41) is 40.5. The Morgan fingerprint density at radius 1 is 0.800 bits per heavy atom. The van der Waals surface area contributed by atoms with E-state index in [0.29, 0.717) is 0 Å². The summed E-state index contributed by atoms with van der Waals surface area (Å²) in [6, 6.07) is -2.55. The molecule has 0 fully saturated rings. The third-order valence-corrected chi connectivity index (χ3v) is 3.81. The summed E-state index contributed by atoms with van der Waals surface area (Å²) >= 11 is 0. The van der Waals surface area contributed by atoms with Gasteiger partial charge in [-0.05, 0) is 12.8 Å². The Labute approximate surface area is 171 Å². The summed E-state index contributed by atoms with van der Waals surface area (Å²) in [6.07, 6.45) is -1.00. The number of amides is 2. The maximum absolute atomic E-state index is 11.9. The van der Waals surface area contributed by atoms with Gasteiger partial charge in [-0.2, -0.15) is 0 Å². The molecule has 0 aromatic heterocycles. The molecule has 30 heavy (non-hydrogen) atoms. The van der Waals surface area contributed by atoms with E-state index in [1.807, 2.05) is 0 Å². The molecule has 0 aliphatic rings. The predicted molar refractivity (Wildman–Crippen MR) is 98.4 cm³/mol. The van der Waals surface area contributed by atoms with Crippen LogP contribution in [-0.2, 0) is 28.8 Å². The largest absolute Gasteiger partial charge is 0.480 e. The molecule has 0 rings (SSSR count). The summed E-state index contributed by atoms with van der Waals surface area (Å²) in [5.41, 5.74) is 4.94. The Hall–Kier alpha value is -3.26. The molecule has 0 aliphatic carbocycles. The van der Waals surface area contributed by atoms with Crippen LogP contribution in [0.25, 0.3) is 0 Å². The number of carboxylic acid groups (broad SMARTS) is 4. The first-order valence-corrected chi connectivity index (χ1v) is 8.85. The Balaban J connectivity index is 4.60. The molecular formula is C16H26N4O10. The van der Waals surface area contributed by atoms with Crippen molar-refractivity contribution in [2.45, 2.75) is 37.8 Å². The van der Waals surface area contributed by atoms with Gasteiger partial charge in [-0.1, -0.05) is 0 Å². The Morgan fingerprint density at radius 2 is 1.30 bits per heavy atom. The molecular weight excluding hydrogens is 408 g/mol. The minimum atomic E-state index is -1.37. The Morgan fingerprint density at radius 3 is 1.73 bits per heavy atom. The number of primary amides is 1. The van der Waals surface area contributed by atoms with Crippen molar-refractivity contribution in [2.75, 3.05) is 26.2 Å².